The minimum absolute atomic E-state index is 0.0404. The summed E-state index contributed by atoms with van der Waals surface area (Å²) in [6.45, 7) is 1.75. The van der Waals surface area contributed by atoms with E-state index in [1.54, 1.807) is 19.3 Å². The van der Waals surface area contributed by atoms with Crippen LogP contribution in [0.4, 0.5) is 0 Å². The highest BCUT2D eigenvalue weighted by atomic mass is 16.6. The average molecular weight is 340 g/mol. The number of nitrogens with zero attached hydrogens (tertiary/aromatic N) is 2. The van der Waals surface area contributed by atoms with E-state index < -0.39 is 0 Å². The van der Waals surface area contributed by atoms with E-state index in [-0.39, 0.29) is 17.5 Å². The van der Waals surface area contributed by atoms with Crippen molar-refractivity contribution in [1.82, 2.24) is 9.47 Å². The van der Waals surface area contributed by atoms with Crippen LogP contribution >= 0.6 is 0 Å². The number of hydrogen-bond acceptors (Lipinski definition) is 4. The Balaban J connectivity index is 1.68. The number of carbonyl (C=O) groups excluding carboxylic acids is 1. The standard InChI is InChI=1S/C19H20N2O4/c1-20-12-13(7-8-17(20)22)19(23)21-9-3-5-15(21)14-4-2-6-16-18(14)25-11-10-24-16/h2,4,6-8,12,15H,3,5,9-11H2,1H3/t15-/m1/s1. The molecule has 1 amide bonds. The molecule has 1 atom stereocenters. The molecule has 0 radical (unpaired) electrons. The van der Waals surface area contributed by atoms with Gasteiger partial charge in [-0.1, -0.05) is 12.1 Å². The van der Waals surface area contributed by atoms with Gasteiger partial charge in [-0.3, -0.25) is 9.59 Å². The first-order valence-corrected chi connectivity index (χ1v) is 8.51. The molecule has 2 aliphatic heterocycles. The second kappa shape index (κ2) is 6.27. The minimum Gasteiger partial charge on any atom is -0.486 e. The Morgan fingerprint density at radius 1 is 1.16 bits per heavy atom. The number of pyridine rings is 1. The van der Waals surface area contributed by atoms with Gasteiger partial charge in [0.05, 0.1) is 11.6 Å². The molecule has 0 bridgehead atoms. The number of likely N-dealkylation sites (tertiary alicyclic amines) is 1. The van der Waals surface area contributed by atoms with Crippen molar-refractivity contribution >= 4 is 5.91 Å². The van der Waals surface area contributed by atoms with Crippen molar-refractivity contribution in [3.05, 3.63) is 58.0 Å². The van der Waals surface area contributed by atoms with E-state index in [1.807, 2.05) is 23.1 Å². The fraction of sp³-hybridized carbons (Fsp3) is 0.368. The Labute approximate surface area is 145 Å². The van der Waals surface area contributed by atoms with Crippen LogP contribution in [0, 0.1) is 0 Å². The Hall–Kier alpha value is -2.76. The topological polar surface area (TPSA) is 60.8 Å². The molecular formula is C19H20N2O4. The van der Waals surface area contributed by atoms with Crippen LogP contribution in [-0.4, -0.2) is 35.1 Å². The van der Waals surface area contributed by atoms with Crippen LogP contribution in [0.5, 0.6) is 11.5 Å². The van der Waals surface area contributed by atoms with Crippen LogP contribution in [0.1, 0.15) is 34.8 Å². The van der Waals surface area contributed by atoms with Crippen molar-refractivity contribution in [1.29, 1.82) is 0 Å². The molecule has 0 unspecified atom stereocenters. The third-order valence-corrected chi connectivity index (χ3v) is 4.80. The molecule has 2 aromatic rings. The number of para-hydroxylation sites is 1. The summed E-state index contributed by atoms with van der Waals surface area (Å²) < 4.78 is 12.9. The summed E-state index contributed by atoms with van der Waals surface area (Å²) in [5.41, 5.74) is 1.39. The van der Waals surface area contributed by atoms with E-state index in [2.05, 4.69) is 0 Å². The number of carbonyl (C=O) groups is 1. The molecule has 6 heteroatoms. The Kier molecular flexibility index (Phi) is 3.95. The number of fused-ring (bicyclic) bond motifs is 1. The van der Waals surface area contributed by atoms with Gasteiger partial charge in [0.25, 0.3) is 5.91 Å². The van der Waals surface area contributed by atoms with Gasteiger partial charge in [0.15, 0.2) is 11.5 Å². The summed E-state index contributed by atoms with van der Waals surface area (Å²) in [4.78, 5) is 26.4. The first kappa shape index (κ1) is 15.7. The molecule has 25 heavy (non-hydrogen) atoms. The van der Waals surface area contributed by atoms with E-state index >= 15 is 0 Å². The predicted molar refractivity (Wildman–Crippen MR) is 92.1 cm³/mol. The zero-order valence-corrected chi connectivity index (χ0v) is 14.1. The quantitative estimate of drug-likeness (QED) is 0.840. The monoisotopic (exact) mass is 340 g/mol. The lowest BCUT2D eigenvalue weighted by molar-refractivity contribution is 0.0730. The van der Waals surface area contributed by atoms with Crippen molar-refractivity contribution in [2.75, 3.05) is 19.8 Å². The number of ether oxygens (including phenoxy) is 2. The van der Waals surface area contributed by atoms with E-state index in [4.69, 9.17) is 9.47 Å². The summed E-state index contributed by atoms with van der Waals surface area (Å²) >= 11 is 0. The third-order valence-electron chi connectivity index (χ3n) is 4.80. The van der Waals surface area contributed by atoms with Crippen molar-refractivity contribution in [3.63, 3.8) is 0 Å². The molecular weight excluding hydrogens is 320 g/mol. The highest BCUT2D eigenvalue weighted by molar-refractivity contribution is 5.94. The molecule has 1 fully saturated rings. The fourth-order valence-corrected chi connectivity index (χ4v) is 3.58. The highest BCUT2D eigenvalue weighted by Crippen LogP contribution is 2.43. The van der Waals surface area contributed by atoms with Crippen LogP contribution in [0.3, 0.4) is 0 Å². The zero-order valence-electron chi connectivity index (χ0n) is 14.1. The fourth-order valence-electron chi connectivity index (χ4n) is 3.58. The van der Waals surface area contributed by atoms with Crippen molar-refractivity contribution in [2.24, 2.45) is 7.05 Å². The first-order valence-electron chi connectivity index (χ1n) is 8.51. The van der Waals surface area contributed by atoms with Gasteiger partial charge in [0.1, 0.15) is 13.2 Å². The maximum Gasteiger partial charge on any atom is 0.255 e. The maximum absolute atomic E-state index is 13.0. The average Bonchev–Trinajstić information content (AvgIpc) is 3.12. The summed E-state index contributed by atoms with van der Waals surface area (Å²) in [5, 5.41) is 0. The van der Waals surface area contributed by atoms with E-state index in [9.17, 15) is 9.59 Å². The van der Waals surface area contributed by atoms with Gasteiger partial charge >= 0.3 is 0 Å². The second-order valence-corrected chi connectivity index (χ2v) is 6.39. The van der Waals surface area contributed by atoms with Crippen LogP contribution < -0.4 is 15.0 Å². The molecule has 1 saturated heterocycles. The minimum atomic E-state index is -0.128. The lowest BCUT2D eigenvalue weighted by Gasteiger charge is -2.29. The van der Waals surface area contributed by atoms with Gasteiger partial charge in [0.2, 0.25) is 5.56 Å². The van der Waals surface area contributed by atoms with E-state index in [0.29, 0.717) is 25.3 Å². The van der Waals surface area contributed by atoms with Crippen LogP contribution in [-0.2, 0) is 7.05 Å². The van der Waals surface area contributed by atoms with Crippen LogP contribution in [0.15, 0.2) is 41.3 Å². The highest BCUT2D eigenvalue weighted by Gasteiger charge is 2.34. The largest absolute Gasteiger partial charge is 0.486 e. The molecule has 130 valence electrons. The summed E-state index contributed by atoms with van der Waals surface area (Å²) in [7, 11) is 1.65. The molecule has 6 nitrogen and oxygen atoms in total. The van der Waals surface area contributed by atoms with E-state index in [1.165, 1.54) is 10.6 Å². The van der Waals surface area contributed by atoms with Gasteiger partial charge in [-0.2, -0.15) is 0 Å². The van der Waals surface area contributed by atoms with Gasteiger partial charge < -0.3 is 18.9 Å². The van der Waals surface area contributed by atoms with Gasteiger partial charge in [-0.25, -0.2) is 0 Å². The predicted octanol–water partition coefficient (Wildman–Crippen LogP) is 2.13. The molecule has 2 aliphatic rings. The molecule has 0 saturated carbocycles. The lowest BCUT2D eigenvalue weighted by atomic mass is 10.0. The molecule has 1 aromatic carbocycles. The lowest BCUT2D eigenvalue weighted by Crippen LogP contribution is -2.32. The van der Waals surface area contributed by atoms with Crippen LogP contribution in [0.2, 0.25) is 0 Å². The molecule has 4 rings (SSSR count). The normalized spacial score (nSPS) is 19.1. The number of amides is 1. The molecule has 0 spiro atoms. The molecule has 1 aromatic heterocycles. The van der Waals surface area contributed by atoms with Crippen LogP contribution in [0.25, 0.3) is 0 Å². The van der Waals surface area contributed by atoms with Crippen molar-refractivity contribution in [3.8, 4) is 11.5 Å². The number of rotatable bonds is 2. The molecule has 3 heterocycles. The number of benzene rings is 1. The number of aryl methyl sites for hydroxylation is 1. The summed E-state index contributed by atoms with van der Waals surface area (Å²) in [6.07, 6.45) is 3.42. The van der Waals surface area contributed by atoms with Crippen molar-refractivity contribution < 1.29 is 14.3 Å². The Bertz CT molecular complexity index is 874. The Morgan fingerprint density at radius 3 is 2.84 bits per heavy atom. The van der Waals surface area contributed by atoms with Gasteiger partial charge in [-0.05, 0) is 25.0 Å². The third kappa shape index (κ3) is 2.77. The SMILES string of the molecule is Cn1cc(C(=O)N2CCC[C@@H]2c2cccc3c2OCCO3)ccc1=O. The van der Waals surface area contributed by atoms with Gasteiger partial charge in [-0.15, -0.1) is 0 Å². The number of aromatic nitrogens is 1. The second-order valence-electron chi connectivity index (χ2n) is 6.39. The maximum atomic E-state index is 13.0. The molecule has 0 aliphatic carbocycles. The summed E-state index contributed by atoms with van der Waals surface area (Å²) in [6, 6.07) is 8.83. The zero-order chi connectivity index (χ0) is 17.4. The van der Waals surface area contributed by atoms with Gasteiger partial charge in [0, 0.05) is 31.4 Å². The summed E-state index contributed by atoms with van der Waals surface area (Å²) in [5.74, 6) is 1.43. The molecule has 0 N–H and O–H groups in total. The van der Waals surface area contributed by atoms with Crippen molar-refractivity contribution in [2.45, 2.75) is 18.9 Å². The first-order chi connectivity index (χ1) is 12.1. The smallest absolute Gasteiger partial charge is 0.255 e. The Morgan fingerprint density at radius 2 is 2.00 bits per heavy atom. The number of hydrogen-bond donors (Lipinski definition) is 0. The van der Waals surface area contributed by atoms with E-state index in [0.717, 1.165) is 29.9 Å².